The Kier molecular flexibility index (Phi) is 7.35. The van der Waals surface area contributed by atoms with Gasteiger partial charge in [0.15, 0.2) is 0 Å². The summed E-state index contributed by atoms with van der Waals surface area (Å²) in [6.07, 6.45) is 1.32. The Morgan fingerprint density at radius 2 is 1.88 bits per heavy atom. The van der Waals surface area contributed by atoms with Crippen LogP contribution in [0.5, 0.6) is 0 Å². The normalized spacial score (nSPS) is 15.4. The molecular weight excluding hydrogens is 469 g/mol. The van der Waals surface area contributed by atoms with E-state index < -0.39 is 32.9 Å². The van der Waals surface area contributed by atoms with Gasteiger partial charge in [0.2, 0.25) is 10.0 Å². The molecule has 8 nitrogen and oxygen atoms in total. The monoisotopic (exact) mass is 491 g/mol. The van der Waals surface area contributed by atoms with Crippen molar-refractivity contribution in [3.63, 3.8) is 0 Å². The topological polar surface area (TPSA) is 113 Å². The molecule has 0 radical (unpaired) electrons. The molecule has 1 saturated heterocycles. The van der Waals surface area contributed by atoms with Gasteiger partial charge in [-0.1, -0.05) is 18.2 Å². The number of nitrogens with zero attached hydrogens (tertiary/aromatic N) is 1. The van der Waals surface area contributed by atoms with Crippen molar-refractivity contribution in [3.05, 3.63) is 69.4 Å². The fourth-order valence-corrected chi connectivity index (χ4v) is 5.08. The van der Waals surface area contributed by atoms with Crippen LogP contribution in [-0.4, -0.2) is 50.5 Å². The van der Waals surface area contributed by atoms with E-state index >= 15 is 0 Å². The molecule has 3 amide bonds. The Bertz CT molecular complexity index is 1270. The van der Waals surface area contributed by atoms with E-state index in [0.29, 0.717) is 22.9 Å². The standard InChI is InChI=1S/C22H22FN3O5S2/c1-13-10-16(12-19(14(13)2)33(30,31)24-3)20(27)25-8-9-26-21(28)18(32-22(26)29)11-15-6-4-5-7-17(15)23/h4-7,10-12,24H,8-9H2,1-3H3,(H,25,27)/b18-11-. The molecule has 1 aliphatic heterocycles. The lowest BCUT2D eigenvalue weighted by atomic mass is 10.1. The Hall–Kier alpha value is -3.02. The van der Waals surface area contributed by atoms with Gasteiger partial charge in [0.1, 0.15) is 5.82 Å². The first-order valence-corrected chi connectivity index (χ1v) is 12.2. The molecule has 3 rings (SSSR count). The third-order valence-corrected chi connectivity index (χ3v) is 7.57. The number of carbonyl (C=O) groups excluding carboxylic acids is 3. The number of sulfonamides is 1. The highest BCUT2D eigenvalue weighted by Gasteiger charge is 2.34. The minimum atomic E-state index is -3.75. The minimum absolute atomic E-state index is 0.000582. The number of rotatable bonds is 7. The second-order valence-corrected chi connectivity index (χ2v) is 10.1. The molecule has 1 heterocycles. The maximum Gasteiger partial charge on any atom is 0.293 e. The molecule has 2 aromatic rings. The molecule has 33 heavy (non-hydrogen) atoms. The van der Waals surface area contributed by atoms with Crippen LogP contribution in [0.3, 0.4) is 0 Å². The lowest BCUT2D eigenvalue weighted by Gasteiger charge is -2.14. The van der Waals surface area contributed by atoms with Crippen molar-refractivity contribution >= 4 is 44.9 Å². The summed E-state index contributed by atoms with van der Waals surface area (Å²) >= 11 is 0.697. The van der Waals surface area contributed by atoms with Gasteiger partial charge in [0, 0.05) is 24.2 Å². The van der Waals surface area contributed by atoms with Crippen molar-refractivity contribution in [2.24, 2.45) is 0 Å². The second-order valence-electron chi connectivity index (χ2n) is 7.23. The van der Waals surface area contributed by atoms with Gasteiger partial charge in [0.25, 0.3) is 17.1 Å². The number of halogens is 1. The van der Waals surface area contributed by atoms with E-state index in [4.69, 9.17) is 0 Å². The van der Waals surface area contributed by atoms with Crippen LogP contribution in [0, 0.1) is 19.7 Å². The molecular formula is C22H22FN3O5S2. The lowest BCUT2D eigenvalue weighted by Crippen LogP contribution is -2.37. The summed E-state index contributed by atoms with van der Waals surface area (Å²) in [7, 11) is -2.47. The molecule has 0 spiro atoms. The third kappa shape index (κ3) is 5.32. The van der Waals surface area contributed by atoms with E-state index in [-0.39, 0.29) is 34.0 Å². The lowest BCUT2D eigenvalue weighted by molar-refractivity contribution is -0.122. The van der Waals surface area contributed by atoms with Gasteiger partial charge >= 0.3 is 0 Å². The summed E-state index contributed by atoms with van der Waals surface area (Å²) < 4.78 is 40.5. The highest BCUT2D eigenvalue weighted by atomic mass is 32.2. The molecule has 174 valence electrons. The zero-order chi connectivity index (χ0) is 24.3. The minimum Gasteiger partial charge on any atom is -0.350 e. The first-order valence-electron chi connectivity index (χ1n) is 9.88. The molecule has 1 fully saturated rings. The van der Waals surface area contributed by atoms with Crippen molar-refractivity contribution < 1.29 is 27.2 Å². The van der Waals surface area contributed by atoms with Gasteiger partial charge in [-0.25, -0.2) is 17.5 Å². The van der Waals surface area contributed by atoms with Gasteiger partial charge in [-0.15, -0.1) is 0 Å². The molecule has 11 heteroatoms. The number of imide groups is 1. The Morgan fingerprint density at radius 3 is 2.55 bits per heavy atom. The quantitative estimate of drug-likeness (QED) is 0.576. The van der Waals surface area contributed by atoms with Gasteiger partial charge in [-0.05, 0) is 68.1 Å². The Morgan fingerprint density at radius 1 is 1.18 bits per heavy atom. The van der Waals surface area contributed by atoms with Crippen LogP contribution in [0.15, 0.2) is 46.2 Å². The number of hydrogen-bond acceptors (Lipinski definition) is 6. The highest BCUT2D eigenvalue weighted by Crippen LogP contribution is 2.32. The number of thioether (sulfide) groups is 1. The molecule has 0 unspecified atom stereocenters. The van der Waals surface area contributed by atoms with Crippen LogP contribution in [0.4, 0.5) is 9.18 Å². The molecule has 0 atom stereocenters. The summed E-state index contributed by atoms with van der Waals surface area (Å²) in [5.41, 5.74) is 1.49. The fourth-order valence-electron chi connectivity index (χ4n) is 3.16. The van der Waals surface area contributed by atoms with Crippen molar-refractivity contribution in [1.82, 2.24) is 14.9 Å². The predicted molar refractivity (Wildman–Crippen MR) is 124 cm³/mol. The number of benzene rings is 2. The molecule has 2 N–H and O–H groups in total. The van der Waals surface area contributed by atoms with Gasteiger partial charge in [-0.3, -0.25) is 19.3 Å². The average Bonchev–Trinajstić information content (AvgIpc) is 3.04. The maximum absolute atomic E-state index is 13.8. The maximum atomic E-state index is 13.8. The largest absolute Gasteiger partial charge is 0.350 e. The first-order chi connectivity index (χ1) is 15.5. The molecule has 0 bridgehead atoms. The van der Waals surface area contributed by atoms with E-state index in [9.17, 15) is 27.2 Å². The van der Waals surface area contributed by atoms with Gasteiger partial charge in [-0.2, -0.15) is 0 Å². The fraction of sp³-hybridized carbons (Fsp3) is 0.227. The van der Waals surface area contributed by atoms with E-state index in [1.54, 1.807) is 26.0 Å². The third-order valence-electron chi connectivity index (χ3n) is 5.13. The summed E-state index contributed by atoms with van der Waals surface area (Å²) in [6, 6.07) is 8.74. The molecule has 0 saturated carbocycles. The Labute approximate surface area is 195 Å². The zero-order valence-electron chi connectivity index (χ0n) is 18.1. The molecule has 1 aliphatic rings. The number of aryl methyl sites for hydroxylation is 1. The molecule has 0 aliphatic carbocycles. The summed E-state index contributed by atoms with van der Waals surface area (Å²) in [6.45, 7) is 3.22. The van der Waals surface area contributed by atoms with Crippen molar-refractivity contribution in [3.8, 4) is 0 Å². The summed E-state index contributed by atoms with van der Waals surface area (Å²) in [4.78, 5) is 38.4. The van der Waals surface area contributed by atoms with E-state index in [2.05, 4.69) is 10.0 Å². The number of nitrogens with one attached hydrogen (secondary N) is 2. The van der Waals surface area contributed by atoms with Crippen LogP contribution in [0.2, 0.25) is 0 Å². The SMILES string of the molecule is CNS(=O)(=O)c1cc(C(=O)NCCN2C(=O)S/C(=C\c3ccccc3F)C2=O)cc(C)c1C. The average molecular weight is 492 g/mol. The number of hydrogen-bond donors (Lipinski definition) is 2. The van der Waals surface area contributed by atoms with E-state index in [0.717, 1.165) is 4.90 Å². The van der Waals surface area contributed by atoms with Gasteiger partial charge in [0.05, 0.1) is 9.80 Å². The Balaban J connectivity index is 1.68. The van der Waals surface area contributed by atoms with Crippen molar-refractivity contribution in [1.29, 1.82) is 0 Å². The van der Waals surface area contributed by atoms with E-state index in [1.807, 2.05) is 0 Å². The number of amides is 3. The van der Waals surface area contributed by atoms with Crippen molar-refractivity contribution in [2.75, 3.05) is 20.1 Å². The second kappa shape index (κ2) is 9.86. The zero-order valence-corrected chi connectivity index (χ0v) is 19.8. The molecule has 2 aromatic carbocycles. The molecule has 0 aromatic heterocycles. The van der Waals surface area contributed by atoms with Crippen LogP contribution in [0.1, 0.15) is 27.0 Å². The van der Waals surface area contributed by atoms with Crippen LogP contribution in [0.25, 0.3) is 6.08 Å². The summed E-state index contributed by atoms with van der Waals surface area (Å²) in [5.74, 6) is -1.62. The van der Waals surface area contributed by atoms with Crippen LogP contribution >= 0.6 is 11.8 Å². The smallest absolute Gasteiger partial charge is 0.293 e. The van der Waals surface area contributed by atoms with Crippen molar-refractivity contribution in [2.45, 2.75) is 18.7 Å². The van der Waals surface area contributed by atoms with Gasteiger partial charge < -0.3 is 5.32 Å². The van der Waals surface area contributed by atoms with Crippen LogP contribution in [-0.2, 0) is 14.8 Å². The first kappa shape index (κ1) is 24.6. The van der Waals surface area contributed by atoms with E-state index in [1.165, 1.54) is 37.4 Å². The highest BCUT2D eigenvalue weighted by molar-refractivity contribution is 8.18. The summed E-state index contributed by atoms with van der Waals surface area (Å²) in [5, 5.41) is 2.07. The van der Waals surface area contributed by atoms with Crippen LogP contribution < -0.4 is 10.0 Å². The predicted octanol–water partition coefficient (Wildman–Crippen LogP) is 2.82. The number of carbonyl (C=O) groups is 3.